The molecule has 1 aromatic heterocycles. The van der Waals surface area contributed by atoms with Gasteiger partial charge in [0.2, 0.25) is 0 Å². The quantitative estimate of drug-likeness (QED) is 0.828. The van der Waals surface area contributed by atoms with E-state index in [0.717, 1.165) is 17.2 Å². The first-order valence-electron chi connectivity index (χ1n) is 5.29. The number of rotatable bonds is 2. The molecule has 2 aromatic rings. The number of hydrogen-bond acceptors (Lipinski definition) is 3. The summed E-state index contributed by atoms with van der Waals surface area (Å²) in [6.45, 7) is 4.58. The van der Waals surface area contributed by atoms with Gasteiger partial charge in [-0.25, -0.2) is 0 Å². The Bertz CT molecular complexity index is 514. The fourth-order valence-electron chi connectivity index (χ4n) is 1.84. The minimum Gasteiger partial charge on any atom is -0.324 e. The lowest BCUT2D eigenvalue weighted by atomic mass is 10.1. The second-order valence-electron chi connectivity index (χ2n) is 4.02. The zero-order chi connectivity index (χ0) is 11.7. The Labute approximate surface area is 95.1 Å². The zero-order valence-electron chi connectivity index (χ0n) is 9.86. The van der Waals surface area contributed by atoms with Crippen molar-refractivity contribution in [3.63, 3.8) is 0 Å². The summed E-state index contributed by atoms with van der Waals surface area (Å²) in [6.07, 6.45) is 0. The van der Waals surface area contributed by atoms with Crippen molar-refractivity contribution in [1.29, 1.82) is 0 Å². The van der Waals surface area contributed by atoms with Gasteiger partial charge in [0.1, 0.15) is 5.82 Å². The first-order valence-corrected chi connectivity index (χ1v) is 5.29. The summed E-state index contributed by atoms with van der Waals surface area (Å²) in [5.41, 5.74) is 9.15. The molecule has 0 bridgehead atoms. The zero-order valence-corrected chi connectivity index (χ0v) is 9.86. The van der Waals surface area contributed by atoms with Gasteiger partial charge in [0.15, 0.2) is 5.82 Å². The van der Waals surface area contributed by atoms with Crippen molar-refractivity contribution in [2.45, 2.75) is 20.4 Å². The lowest BCUT2D eigenvalue weighted by molar-refractivity contribution is 0.796. The van der Waals surface area contributed by atoms with Crippen LogP contribution >= 0.6 is 0 Å². The summed E-state index contributed by atoms with van der Waals surface area (Å²) in [7, 11) is 1.94. The number of nitrogens with zero attached hydrogens (tertiary/aromatic N) is 3. The van der Waals surface area contributed by atoms with E-state index in [1.54, 1.807) is 0 Å². The van der Waals surface area contributed by atoms with Crippen LogP contribution in [0, 0.1) is 13.8 Å². The maximum Gasteiger partial charge on any atom is 0.164 e. The van der Waals surface area contributed by atoms with Crippen LogP contribution in [0.3, 0.4) is 0 Å². The molecule has 0 aliphatic heterocycles. The summed E-state index contributed by atoms with van der Waals surface area (Å²) in [5.74, 6) is 1.67. The lowest BCUT2D eigenvalue weighted by Gasteiger charge is -2.06. The van der Waals surface area contributed by atoms with Crippen molar-refractivity contribution in [1.82, 2.24) is 14.8 Å². The molecule has 0 unspecified atom stereocenters. The van der Waals surface area contributed by atoms with E-state index in [-0.39, 0.29) is 0 Å². The van der Waals surface area contributed by atoms with Crippen molar-refractivity contribution in [2.75, 3.05) is 0 Å². The molecule has 4 heteroatoms. The summed E-state index contributed by atoms with van der Waals surface area (Å²) in [5, 5.41) is 8.24. The molecule has 0 saturated heterocycles. The van der Waals surface area contributed by atoms with Crippen molar-refractivity contribution < 1.29 is 0 Å². The molecule has 84 valence electrons. The number of nitrogens with two attached hydrogens (primary N) is 1. The predicted molar refractivity (Wildman–Crippen MR) is 63.8 cm³/mol. The monoisotopic (exact) mass is 216 g/mol. The second-order valence-corrected chi connectivity index (χ2v) is 4.02. The van der Waals surface area contributed by atoms with Crippen LogP contribution in [-0.2, 0) is 13.6 Å². The molecular weight excluding hydrogens is 200 g/mol. The van der Waals surface area contributed by atoms with Gasteiger partial charge in [-0.15, -0.1) is 10.2 Å². The molecule has 0 spiro atoms. The van der Waals surface area contributed by atoms with Gasteiger partial charge in [-0.05, 0) is 19.4 Å². The third-order valence-corrected chi connectivity index (χ3v) is 2.77. The topological polar surface area (TPSA) is 56.7 Å². The van der Waals surface area contributed by atoms with E-state index in [4.69, 9.17) is 5.73 Å². The molecule has 0 radical (unpaired) electrons. The molecule has 0 fully saturated rings. The Morgan fingerprint density at radius 3 is 2.56 bits per heavy atom. The third-order valence-electron chi connectivity index (χ3n) is 2.77. The number of benzene rings is 1. The highest BCUT2D eigenvalue weighted by Gasteiger charge is 2.11. The molecule has 2 rings (SSSR count). The van der Waals surface area contributed by atoms with Crippen molar-refractivity contribution in [3.05, 3.63) is 35.2 Å². The number of aromatic nitrogens is 3. The van der Waals surface area contributed by atoms with Gasteiger partial charge in [0.25, 0.3) is 0 Å². The summed E-state index contributed by atoms with van der Waals surface area (Å²) in [6, 6.07) is 6.31. The van der Waals surface area contributed by atoms with E-state index in [2.05, 4.69) is 42.2 Å². The van der Waals surface area contributed by atoms with Crippen LogP contribution in [0.15, 0.2) is 18.2 Å². The van der Waals surface area contributed by atoms with E-state index in [1.807, 2.05) is 11.6 Å². The molecule has 0 amide bonds. The van der Waals surface area contributed by atoms with E-state index < -0.39 is 0 Å². The normalized spacial score (nSPS) is 10.8. The maximum absolute atomic E-state index is 5.58. The average molecular weight is 216 g/mol. The van der Waals surface area contributed by atoms with Gasteiger partial charge in [-0.1, -0.05) is 23.8 Å². The third kappa shape index (κ3) is 1.72. The van der Waals surface area contributed by atoms with Gasteiger partial charge in [0, 0.05) is 12.6 Å². The lowest BCUT2D eigenvalue weighted by Crippen LogP contribution is -2.05. The van der Waals surface area contributed by atoms with E-state index in [9.17, 15) is 0 Å². The first-order chi connectivity index (χ1) is 7.63. The van der Waals surface area contributed by atoms with Gasteiger partial charge >= 0.3 is 0 Å². The molecular formula is C12H16N4. The molecule has 0 aliphatic rings. The van der Waals surface area contributed by atoms with E-state index in [0.29, 0.717) is 6.54 Å². The average Bonchev–Trinajstić information content (AvgIpc) is 2.60. The minimum atomic E-state index is 0.411. The van der Waals surface area contributed by atoms with Crippen LogP contribution in [0.1, 0.15) is 17.0 Å². The Balaban J connectivity index is 2.54. The Kier molecular flexibility index (Phi) is 2.75. The molecule has 1 heterocycles. The smallest absolute Gasteiger partial charge is 0.164 e. The predicted octanol–water partition coefficient (Wildman–Crippen LogP) is 1.56. The summed E-state index contributed by atoms with van der Waals surface area (Å²) < 4.78 is 1.94. The Morgan fingerprint density at radius 1 is 1.25 bits per heavy atom. The van der Waals surface area contributed by atoms with Crippen LogP contribution < -0.4 is 5.73 Å². The Morgan fingerprint density at radius 2 is 2.00 bits per heavy atom. The van der Waals surface area contributed by atoms with Gasteiger partial charge in [0.05, 0.1) is 6.54 Å². The maximum atomic E-state index is 5.58. The van der Waals surface area contributed by atoms with Gasteiger partial charge in [-0.3, -0.25) is 0 Å². The molecule has 0 aliphatic carbocycles. The molecule has 0 saturated carbocycles. The number of hydrogen-bond donors (Lipinski definition) is 1. The highest BCUT2D eigenvalue weighted by Crippen LogP contribution is 2.22. The van der Waals surface area contributed by atoms with Gasteiger partial charge < -0.3 is 10.3 Å². The molecule has 4 nitrogen and oxygen atoms in total. The molecule has 16 heavy (non-hydrogen) atoms. The number of aryl methyl sites for hydroxylation is 2. The first kappa shape index (κ1) is 10.8. The summed E-state index contributed by atoms with van der Waals surface area (Å²) in [4.78, 5) is 0. The van der Waals surface area contributed by atoms with Crippen LogP contribution in [0.4, 0.5) is 0 Å². The van der Waals surface area contributed by atoms with Crippen LogP contribution in [-0.4, -0.2) is 14.8 Å². The van der Waals surface area contributed by atoms with E-state index >= 15 is 0 Å². The molecule has 0 atom stereocenters. The van der Waals surface area contributed by atoms with Crippen molar-refractivity contribution in [3.8, 4) is 11.4 Å². The van der Waals surface area contributed by atoms with Crippen molar-refractivity contribution >= 4 is 0 Å². The fraction of sp³-hybridized carbons (Fsp3) is 0.333. The standard InChI is InChI=1S/C12H16N4/c1-8-4-5-10(9(2)6-8)12-15-14-11(7-13)16(12)3/h4-6H,7,13H2,1-3H3. The molecule has 1 aromatic carbocycles. The highest BCUT2D eigenvalue weighted by molar-refractivity contribution is 5.60. The second kappa shape index (κ2) is 4.06. The van der Waals surface area contributed by atoms with E-state index in [1.165, 1.54) is 11.1 Å². The van der Waals surface area contributed by atoms with Crippen LogP contribution in [0.2, 0.25) is 0 Å². The highest BCUT2D eigenvalue weighted by atomic mass is 15.3. The molecule has 2 N–H and O–H groups in total. The van der Waals surface area contributed by atoms with Crippen LogP contribution in [0.25, 0.3) is 11.4 Å². The fourth-order valence-corrected chi connectivity index (χ4v) is 1.84. The SMILES string of the molecule is Cc1ccc(-c2nnc(CN)n2C)c(C)c1. The summed E-state index contributed by atoms with van der Waals surface area (Å²) >= 11 is 0. The van der Waals surface area contributed by atoms with Gasteiger partial charge in [-0.2, -0.15) is 0 Å². The van der Waals surface area contributed by atoms with Crippen molar-refractivity contribution in [2.24, 2.45) is 12.8 Å². The Hall–Kier alpha value is -1.68. The largest absolute Gasteiger partial charge is 0.324 e. The minimum absolute atomic E-state index is 0.411. The van der Waals surface area contributed by atoms with Crippen LogP contribution in [0.5, 0.6) is 0 Å².